The molecule has 1 heterocycles. The van der Waals surface area contributed by atoms with Crippen LogP contribution in [0.2, 0.25) is 0 Å². The van der Waals surface area contributed by atoms with Gasteiger partial charge in [0, 0.05) is 16.5 Å². The smallest absolute Gasteiger partial charge is 0.0541 e. The van der Waals surface area contributed by atoms with Crippen LogP contribution in [-0.2, 0) is 0 Å². The lowest BCUT2D eigenvalue weighted by atomic mass is 10.0. The first kappa shape index (κ1) is 16.2. The van der Waals surface area contributed by atoms with E-state index in [1.807, 2.05) is 12.2 Å². The number of aryl methyl sites for hydroxylation is 1. The normalized spacial score (nSPS) is 11.8. The van der Waals surface area contributed by atoms with Crippen molar-refractivity contribution in [2.45, 2.75) is 6.92 Å². The molecule has 0 saturated heterocycles. The van der Waals surface area contributed by atoms with Crippen LogP contribution in [-0.4, -0.2) is 4.57 Å². The Balaban J connectivity index is 2.06. The van der Waals surface area contributed by atoms with Gasteiger partial charge < -0.3 is 4.57 Å². The van der Waals surface area contributed by atoms with E-state index in [-0.39, 0.29) is 0 Å². The molecule has 0 aliphatic rings. The molecule has 3 aromatic carbocycles. The molecule has 0 spiro atoms. The third-order valence-corrected chi connectivity index (χ3v) is 4.78. The second kappa shape index (κ2) is 6.53. The Morgan fingerprint density at radius 2 is 1.58 bits per heavy atom. The van der Waals surface area contributed by atoms with Crippen molar-refractivity contribution < 1.29 is 0 Å². The van der Waals surface area contributed by atoms with Gasteiger partial charge in [-0.1, -0.05) is 73.3 Å². The SMILES string of the molecule is C=C/C=C(\C=C)n1c2ccccc2c2cc(-c3cccc(C)c3)ccc21. The Morgan fingerprint density at radius 3 is 2.35 bits per heavy atom. The zero-order chi connectivity index (χ0) is 18.1. The van der Waals surface area contributed by atoms with Crippen LogP contribution < -0.4 is 0 Å². The average molecular weight is 335 g/mol. The summed E-state index contributed by atoms with van der Waals surface area (Å²) in [6.45, 7) is 9.96. The van der Waals surface area contributed by atoms with Crippen molar-refractivity contribution in [2.24, 2.45) is 0 Å². The summed E-state index contributed by atoms with van der Waals surface area (Å²) < 4.78 is 2.25. The molecule has 26 heavy (non-hydrogen) atoms. The van der Waals surface area contributed by atoms with Crippen molar-refractivity contribution in [1.29, 1.82) is 0 Å². The van der Waals surface area contributed by atoms with Crippen LogP contribution in [0.5, 0.6) is 0 Å². The van der Waals surface area contributed by atoms with Crippen LogP contribution in [0, 0.1) is 6.92 Å². The molecule has 0 unspecified atom stereocenters. The number of aromatic nitrogens is 1. The Bertz CT molecular complexity index is 1170. The molecule has 0 atom stereocenters. The van der Waals surface area contributed by atoms with Gasteiger partial charge >= 0.3 is 0 Å². The van der Waals surface area contributed by atoms with Crippen molar-refractivity contribution in [3.8, 4) is 11.1 Å². The van der Waals surface area contributed by atoms with Gasteiger partial charge in [-0.3, -0.25) is 0 Å². The van der Waals surface area contributed by atoms with Crippen LogP contribution in [0.25, 0.3) is 38.6 Å². The number of para-hydroxylation sites is 1. The summed E-state index contributed by atoms with van der Waals surface area (Å²) >= 11 is 0. The summed E-state index contributed by atoms with van der Waals surface area (Å²) in [6, 6.07) is 23.8. The zero-order valence-electron chi connectivity index (χ0n) is 14.9. The number of allylic oxidation sites excluding steroid dienone is 4. The zero-order valence-corrected chi connectivity index (χ0v) is 14.9. The highest BCUT2D eigenvalue weighted by molar-refractivity contribution is 6.11. The van der Waals surface area contributed by atoms with Gasteiger partial charge in [0.2, 0.25) is 0 Å². The van der Waals surface area contributed by atoms with E-state index in [9.17, 15) is 0 Å². The number of benzene rings is 3. The lowest BCUT2D eigenvalue weighted by Gasteiger charge is -2.09. The molecule has 0 fully saturated rings. The summed E-state index contributed by atoms with van der Waals surface area (Å²) in [7, 11) is 0. The molecule has 1 heteroatoms. The molecule has 4 rings (SSSR count). The van der Waals surface area contributed by atoms with Gasteiger partial charge in [0.15, 0.2) is 0 Å². The maximum absolute atomic E-state index is 3.99. The molecule has 0 radical (unpaired) electrons. The van der Waals surface area contributed by atoms with Gasteiger partial charge in [0.1, 0.15) is 0 Å². The highest BCUT2D eigenvalue weighted by Crippen LogP contribution is 2.35. The van der Waals surface area contributed by atoms with Crippen LogP contribution in [0.1, 0.15) is 5.56 Å². The van der Waals surface area contributed by atoms with E-state index in [0.29, 0.717) is 0 Å². The maximum atomic E-state index is 3.99. The highest BCUT2D eigenvalue weighted by Gasteiger charge is 2.12. The van der Waals surface area contributed by atoms with Crippen LogP contribution in [0.15, 0.2) is 98.1 Å². The first-order valence-corrected chi connectivity index (χ1v) is 8.78. The van der Waals surface area contributed by atoms with Crippen molar-refractivity contribution in [3.63, 3.8) is 0 Å². The summed E-state index contributed by atoms with van der Waals surface area (Å²) in [6.07, 6.45) is 5.67. The molecule has 0 amide bonds. The van der Waals surface area contributed by atoms with Crippen LogP contribution in [0.4, 0.5) is 0 Å². The van der Waals surface area contributed by atoms with Crippen molar-refractivity contribution in [1.82, 2.24) is 4.57 Å². The highest BCUT2D eigenvalue weighted by atomic mass is 15.0. The van der Waals surface area contributed by atoms with E-state index in [1.54, 1.807) is 6.08 Å². The number of hydrogen-bond acceptors (Lipinski definition) is 0. The Kier molecular flexibility index (Phi) is 4.06. The number of hydrogen-bond donors (Lipinski definition) is 0. The Labute approximate surface area is 154 Å². The Hall–Kier alpha value is -3.32. The minimum atomic E-state index is 1.02. The molecule has 126 valence electrons. The predicted molar refractivity (Wildman–Crippen MR) is 114 cm³/mol. The maximum Gasteiger partial charge on any atom is 0.0541 e. The monoisotopic (exact) mass is 335 g/mol. The fourth-order valence-corrected chi connectivity index (χ4v) is 3.61. The predicted octanol–water partition coefficient (Wildman–Crippen LogP) is 6.98. The average Bonchev–Trinajstić information content (AvgIpc) is 3.00. The molecule has 0 bridgehead atoms. The first-order valence-electron chi connectivity index (χ1n) is 8.78. The van der Waals surface area contributed by atoms with E-state index < -0.39 is 0 Å². The molecule has 1 aromatic heterocycles. The number of rotatable bonds is 4. The fraction of sp³-hybridized carbons (Fsp3) is 0.0400. The molecule has 1 nitrogen and oxygen atoms in total. The molecule has 0 aliphatic heterocycles. The fourth-order valence-electron chi connectivity index (χ4n) is 3.61. The number of nitrogens with zero attached hydrogens (tertiary/aromatic N) is 1. The van der Waals surface area contributed by atoms with Gasteiger partial charge in [-0.15, -0.1) is 0 Å². The summed E-state index contributed by atoms with van der Waals surface area (Å²) in [4.78, 5) is 0. The quantitative estimate of drug-likeness (QED) is 0.354. The van der Waals surface area contributed by atoms with E-state index in [1.165, 1.54) is 38.5 Å². The van der Waals surface area contributed by atoms with E-state index in [2.05, 4.69) is 91.4 Å². The van der Waals surface area contributed by atoms with Gasteiger partial charge in [-0.25, -0.2) is 0 Å². The van der Waals surface area contributed by atoms with Gasteiger partial charge in [0.25, 0.3) is 0 Å². The first-order chi connectivity index (χ1) is 12.7. The minimum absolute atomic E-state index is 1.02. The van der Waals surface area contributed by atoms with Crippen molar-refractivity contribution in [2.75, 3.05) is 0 Å². The van der Waals surface area contributed by atoms with Crippen molar-refractivity contribution in [3.05, 3.63) is 104 Å². The number of fused-ring (bicyclic) bond motifs is 3. The van der Waals surface area contributed by atoms with Gasteiger partial charge in [0.05, 0.1) is 11.0 Å². The second-order valence-corrected chi connectivity index (χ2v) is 6.49. The van der Waals surface area contributed by atoms with E-state index in [0.717, 1.165) is 5.70 Å². The largest absolute Gasteiger partial charge is 0.309 e. The standard InChI is InChI=1S/C25H21N/c1-4-9-21(5-2)26-24-13-7-6-12-22(24)23-17-20(14-15-25(23)26)19-11-8-10-18(3)16-19/h4-17H,1-2H2,3H3/b21-9+. The third kappa shape index (κ3) is 2.58. The molecule has 0 aliphatic carbocycles. The third-order valence-electron chi connectivity index (χ3n) is 4.78. The molecule has 4 aromatic rings. The summed E-state index contributed by atoms with van der Waals surface area (Å²) in [5.41, 5.74) is 7.13. The molecule has 0 saturated carbocycles. The van der Waals surface area contributed by atoms with Gasteiger partial charge in [-0.05, 0) is 48.4 Å². The molecule has 0 N–H and O–H groups in total. The topological polar surface area (TPSA) is 4.93 Å². The summed E-state index contributed by atoms with van der Waals surface area (Å²) in [5, 5.41) is 2.49. The van der Waals surface area contributed by atoms with E-state index in [4.69, 9.17) is 0 Å². The minimum Gasteiger partial charge on any atom is -0.309 e. The lowest BCUT2D eigenvalue weighted by Crippen LogP contribution is -1.93. The Morgan fingerprint density at radius 1 is 0.808 bits per heavy atom. The molecular weight excluding hydrogens is 314 g/mol. The van der Waals surface area contributed by atoms with Crippen LogP contribution >= 0.6 is 0 Å². The second-order valence-electron chi connectivity index (χ2n) is 6.49. The van der Waals surface area contributed by atoms with E-state index >= 15 is 0 Å². The van der Waals surface area contributed by atoms with Crippen molar-refractivity contribution >= 4 is 27.5 Å². The molecular formula is C25H21N. The van der Waals surface area contributed by atoms with Gasteiger partial charge in [-0.2, -0.15) is 0 Å². The van der Waals surface area contributed by atoms with Crippen LogP contribution in [0.3, 0.4) is 0 Å². The summed E-state index contributed by atoms with van der Waals surface area (Å²) in [5.74, 6) is 0. The lowest BCUT2D eigenvalue weighted by molar-refractivity contribution is 1.24.